The van der Waals surface area contributed by atoms with Crippen LogP contribution in [0, 0.1) is 29.1 Å². The first-order chi connectivity index (χ1) is 21.3. The second-order valence-electron chi connectivity index (χ2n) is 12.4. The summed E-state index contributed by atoms with van der Waals surface area (Å²) in [4.78, 5) is 59.1. The van der Waals surface area contributed by atoms with E-state index in [0.717, 1.165) is 16.7 Å². The summed E-state index contributed by atoms with van der Waals surface area (Å²) in [5.74, 6) is -2.89. The Balaban J connectivity index is 1.31. The SMILES string of the molecule is C[C@@]12C(=O)N(c3ccccc3)C(=O)[C@@H]1C[C@@H]1C(=CC[C@@H]3C(=O)N(Cc4ccccc4)C(=O)[C@@H]31)[C@@H]2c1ccc(OCCO)cc1. The summed E-state index contributed by atoms with van der Waals surface area (Å²) in [5, 5.41) is 9.18. The predicted octanol–water partition coefficient (Wildman–Crippen LogP) is 4.49. The summed E-state index contributed by atoms with van der Waals surface area (Å²) < 4.78 is 5.59. The normalized spacial score (nSPS) is 29.3. The number of rotatable bonds is 7. The molecule has 3 aromatic carbocycles. The number of carbonyl (C=O) groups excluding carboxylic acids is 4. The third-order valence-corrected chi connectivity index (χ3v) is 10.1. The van der Waals surface area contributed by atoms with Crippen LogP contribution in [-0.4, -0.2) is 46.8 Å². The van der Waals surface area contributed by atoms with Crippen LogP contribution in [0.1, 0.15) is 36.8 Å². The molecule has 7 rings (SSSR count). The number of fused-ring (bicyclic) bond motifs is 4. The van der Waals surface area contributed by atoms with Crippen molar-refractivity contribution >= 4 is 29.3 Å². The molecule has 2 heterocycles. The van der Waals surface area contributed by atoms with Crippen molar-refractivity contribution in [2.45, 2.75) is 32.2 Å². The first-order valence-electron chi connectivity index (χ1n) is 15.2. The fraction of sp³-hybridized carbons (Fsp3) is 0.333. The summed E-state index contributed by atoms with van der Waals surface area (Å²) in [6.07, 6.45) is 2.80. The third kappa shape index (κ3) is 4.23. The minimum atomic E-state index is -1.09. The van der Waals surface area contributed by atoms with Crippen molar-refractivity contribution in [2.24, 2.45) is 29.1 Å². The molecule has 3 aromatic rings. The molecule has 0 aromatic heterocycles. The number of aliphatic hydroxyl groups is 1. The zero-order valence-electron chi connectivity index (χ0n) is 24.5. The van der Waals surface area contributed by atoms with Crippen LogP contribution in [0.5, 0.6) is 5.75 Å². The molecule has 44 heavy (non-hydrogen) atoms. The number of amides is 4. The van der Waals surface area contributed by atoms with E-state index in [1.165, 1.54) is 9.80 Å². The molecule has 1 saturated carbocycles. The molecule has 2 saturated heterocycles. The lowest BCUT2D eigenvalue weighted by Gasteiger charge is -2.49. The molecule has 2 aliphatic carbocycles. The first kappa shape index (κ1) is 28.2. The van der Waals surface area contributed by atoms with Crippen molar-refractivity contribution in [3.63, 3.8) is 0 Å². The van der Waals surface area contributed by atoms with Gasteiger partial charge in [-0.2, -0.15) is 0 Å². The smallest absolute Gasteiger partial charge is 0.241 e. The molecule has 6 atom stereocenters. The fourth-order valence-corrected chi connectivity index (χ4v) is 8.13. The van der Waals surface area contributed by atoms with E-state index in [1.807, 2.05) is 55.5 Å². The van der Waals surface area contributed by atoms with E-state index in [9.17, 15) is 24.3 Å². The largest absolute Gasteiger partial charge is 0.491 e. The van der Waals surface area contributed by atoms with Gasteiger partial charge in [0, 0.05) is 5.92 Å². The molecule has 8 nitrogen and oxygen atoms in total. The Morgan fingerprint density at radius 3 is 2.20 bits per heavy atom. The second kappa shape index (κ2) is 10.9. The lowest BCUT2D eigenvalue weighted by molar-refractivity contribution is -0.141. The number of hydrogen-bond acceptors (Lipinski definition) is 6. The van der Waals surface area contributed by atoms with Crippen LogP contribution >= 0.6 is 0 Å². The first-order valence-corrected chi connectivity index (χ1v) is 15.2. The molecule has 224 valence electrons. The molecule has 0 radical (unpaired) electrons. The molecule has 4 amide bonds. The Morgan fingerprint density at radius 2 is 1.52 bits per heavy atom. The average Bonchev–Trinajstić information content (AvgIpc) is 3.40. The van der Waals surface area contributed by atoms with E-state index in [4.69, 9.17) is 4.74 Å². The molecule has 0 unspecified atom stereocenters. The van der Waals surface area contributed by atoms with E-state index >= 15 is 0 Å². The monoisotopic (exact) mass is 590 g/mol. The standard InChI is InChI=1S/C36H34N2O6/c1-36-29(33(41)38(35(36)43)24-10-6-3-7-11-24)20-28-26(31(36)23-12-14-25(15-13-23)44-19-18-39)16-17-27-30(28)34(42)37(32(27)40)21-22-8-4-2-5-9-22/h2-16,27-31,39H,17-21H2,1H3/t27-,28+,29-,30-,31-,36+/m0/s1. The summed E-state index contributed by atoms with van der Waals surface area (Å²) in [7, 11) is 0. The summed E-state index contributed by atoms with van der Waals surface area (Å²) >= 11 is 0. The Hall–Kier alpha value is -4.56. The van der Waals surface area contributed by atoms with E-state index in [0.29, 0.717) is 24.3 Å². The van der Waals surface area contributed by atoms with Gasteiger partial charge in [-0.3, -0.25) is 24.1 Å². The Labute approximate surface area is 255 Å². The van der Waals surface area contributed by atoms with Gasteiger partial charge in [0.05, 0.1) is 42.0 Å². The lowest BCUT2D eigenvalue weighted by atomic mass is 9.51. The Morgan fingerprint density at radius 1 is 0.841 bits per heavy atom. The number of para-hydroxylation sites is 1. The lowest BCUT2D eigenvalue weighted by Crippen LogP contribution is -2.48. The Bertz CT molecular complexity index is 1650. The van der Waals surface area contributed by atoms with Crippen LogP contribution < -0.4 is 9.64 Å². The predicted molar refractivity (Wildman–Crippen MR) is 162 cm³/mol. The van der Waals surface area contributed by atoms with Gasteiger partial charge < -0.3 is 9.84 Å². The number of benzene rings is 3. The molecule has 3 fully saturated rings. The summed E-state index contributed by atoms with van der Waals surface area (Å²) in [6, 6.07) is 25.9. The van der Waals surface area contributed by atoms with Gasteiger partial charge in [0.2, 0.25) is 23.6 Å². The number of imide groups is 2. The highest BCUT2D eigenvalue weighted by Gasteiger charge is 2.67. The van der Waals surface area contributed by atoms with Crippen molar-refractivity contribution < 1.29 is 29.0 Å². The van der Waals surface area contributed by atoms with Crippen LogP contribution in [0.3, 0.4) is 0 Å². The van der Waals surface area contributed by atoms with Crippen molar-refractivity contribution in [3.8, 4) is 5.75 Å². The van der Waals surface area contributed by atoms with Gasteiger partial charge in [0.15, 0.2) is 0 Å². The van der Waals surface area contributed by atoms with Gasteiger partial charge in [-0.1, -0.05) is 72.3 Å². The topological polar surface area (TPSA) is 104 Å². The molecular weight excluding hydrogens is 556 g/mol. The van der Waals surface area contributed by atoms with Crippen molar-refractivity contribution in [3.05, 3.63) is 108 Å². The minimum absolute atomic E-state index is 0.110. The van der Waals surface area contributed by atoms with Gasteiger partial charge in [-0.25, -0.2) is 4.90 Å². The number of likely N-dealkylation sites (tertiary alicyclic amines) is 1. The van der Waals surface area contributed by atoms with Crippen molar-refractivity contribution in [1.29, 1.82) is 0 Å². The number of ether oxygens (including phenoxy) is 1. The zero-order chi connectivity index (χ0) is 30.6. The second-order valence-corrected chi connectivity index (χ2v) is 12.4. The maximum Gasteiger partial charge on any atom is 0.241 e. The van der Waals surface area contributed by atoms with E-state index in [2.05, 4.69) is 6.08 Å². The number of carbonyl (C=O) groups is 4. The van der Waals surface area contributed by atoms with E-state index in [1.54, 1.807) is 36.4 Å². The molecular formula is C36H34N2O6. The van der Waals surface area contributed by atoms with Crippen molar-refractivity contribution in [2.75, 3.05) is 18.1 Å². The van der Waals surface area contributed by atoms with Crippen LogP contribution in [-0.2, 0) is 25.7 Å². The summed E-state index contributed by atoms with van der Waals surface area (Å²) in [5.41, 5.74) is 2.12. The number of hydrogen-bond donors (Lipinski definition) is 1. The van der Waals surface area contributed by atoms with Gasteiger partial charge in [0.1, 0.15) is 12.4 Å². The minimum Gasteiger partial charge on any atom is -0.491 e. The van der Waals surface area contributed by atoms with Gasteiger partial charge >= 0.3 is 0 Å². The number of anilines is 1. The summed E-state index contributed by atoms with van der Waals surface area (Å²) in [6.45, 7) is 2.15. The van der Waals surface area contributed by atoms with Gasteiger partial charge in [-0.15, -0.1) is 0 Å². The molecule has 8 heteroatoms. The fourth-order valence-electron chi connectivity index (χ4n) is 8.13. The van der Waals surface area contributed by atoms with Crippen LogP contribution in [0.15, 0.2) is 96.6 Å². The average molecular weight is 591 g/mol. The van der Waals surface area contributed by atoms with Crippen LogP contribution in [0.25, 0.3) is 0 Å². The highest BCUT2D eigenvalue weighted by atomic mass is 16.5. The highest BCUT2D eigenvalue weighted by Crippen LogP contribution is 2.63. The molecule has 0 bridgehead atoms. The van der Waals surface area contributed by atoms with Crippen LogP contribution in [0.2, 0.25) is 0 Å². The van der Waals surface area contributed by atoms with Gasteiger partial charge in [0.25, 0.3) is 0 Å². The molecule has 2 aliphatic heterocycles. The zero-order valence-corrected chi connectivity index (χ0v) is 24.5. The van der Waals surface area contributed by atoms with E-state index in [-0.39, 0.29) is 49.3 Å². The van der Waals surface area contributed by atoms with Gasteiger partial charge in [-0.05, 0) is 61.1 Å². The number of nitrogens with zero attached hydrogens (tertiary/aromatic N) is 2. The van der Waals surface area contributed by atoms with Crippen molar-refractivity contribution in [1.82, 2.24) is 4.90 Å². The number of allylic oxidation sites excluding steroid dienone is 2. The van der Waals surface area contributed by atoms with E-state index < -0.39 is 29.1 Å². The Kier molecular flexibility index (Phi) is 6.97. The highest BCUT2D eigenvalue weighted by molar-refractivity contribution is 6.24. The maximum absolute atomic E-state index is 14.4. The molecule has 0 spiro atoms. The molecule has 4 aliphatic rings. The van der Waals surface area contributed by atoms with Crippen LogP contribution in [0.4, 0.5) is 5.69 Å². The number of aliphatic hydroxyl groups excluding tert-OH is 1. The third-order valence-electron chi connectivity index (χ3n) is 10.1. The maximum atomic E-state index is 14.4. The quantitative estimate of drug-likeness (QED) is 0.321. The molecule has 1 N–H and O–H groups in total.